The first kappa shape index (κ1) is 33.2. The highest BCUT2D eigenvalue weighted by Gasteiger charge is 2.31. The van der Waals surface area contributed by atoms with Crippen LogP contribution in [0.15, 0.2) is 78.0 Å². The normalized spacial score (nSPS) is 14.8. The highest BCUT2D eigenvalue weighted by Crippen LogP contribution is 2.34. The number of ether oxygens (including phenoxy) is 1. The number of amidine groups is 1. The molecule has 0 spiro atoms. The van der Waals surface area contributed by atoms with Gasteiger partial charge < -0.3 is 9.64 Å². The molecule has 5 rings (SSSR count). The summed E-state index contributed by atoms with van der Waals surface area (Å²) in [5, 5.41) is 5.27. The van der Waals surface area contributed by atoms with Gasteiger partial charge >= 0.3 is 6.36 Å². The fraction of sp³-hybridized carbons (Fsp3) is 0.371. The van der Waals surface area contributed by atoms with E-state index in [9.17, 15) is 18.0 Å². The quantitative estimate of drug-likeness (QED) is 0.171. The van der Waals surface area contributed by atoms with Crippen molar-refractivity contribution in [2.75, 3.05) is 17.2 Å². The zero-order valence-electron chi connectivity index (χ0n) is 26.6. The molecule has 1 amide bonds. The summed E-state index contributed by atoms with van der Waals surface area (Å²) in [4.78, 5) is 24.2. The summed E-state index contributed by atoms with van der Waals surface area (Å²) < 4.78 is 42.8. The van der Waals surface area contributed by atoms with Crippen LogP contribution in [0.4, 0.5) is 18.9 Å². The highest BCUT2D eigenvalue weighted by atomic mass is 32.2. The zero-order chi connectivity index (χ0) is 33.1. The summed E-state index contributed by atoms with van der Waals surface area (Å²) in [7, 11) is 0. The number of hydrogen-bond acceptors (Lipinski definition) is 5. The Morgan fingerprint density at radius 2 is 1.76 bits per heavy atom. The predicted molar refractivity (Wildman–Crippen MR) is 178 cm³/mol. The average molecular weight is 650 g/mol. The van der Waals surface area contributed by atoms with Crippen molar-refractivity contribution in [3.05, 3.63) is 89.7 Å². The Morgan fingerprint density at radius 1 is 1.04 bits per heavy atom. The number of aromatic nitrogens is 3. The number of nitrogens with zero attached hydrogens (tertiary/aromatic N) is 5. The van der Waals surface area contributed by atoms with E-state index in [2.05, 4.69) is 77.5 Å². The Labute approximate surface area is 271 Å². The van der Waals surface area contributed by atoms with Crippen molar-refractivity contribution in [3.8, 4) is 22.8 Å². The molecule has 0 atom stereocenters. The molecule has 0 bridgehead atoms. The minimum atomic E-state index is -4.74. The lowest BCUT2D eigenvalue weighted by molar-refractivity contribution is -0.274. The van der Waals surface area contributed by atoms with Crippen molar-refractivity contribution in [2.45, 2.75) is 66.2 Å². The van der Waals surface area contributed by atoms with E-state index in [4.69, 9.17) is 0 Å². The summed E-state index contributed by atoms with van der Waals surface area (Å²) in [6.07, 6.45) is -1.37. The van der Waals surface area contributed by atoms with Crippen LogP contribution in [0.5, 0.6) is 5.75 Å². The molecule has 3 aromatic carbocycles. The molecule has 1 aliphatic rings. The van der Waals surface area contributed by atoms with E-state index in [1.807, 2.05) is 24.3 Å². The number of carbonyl (C=O) groups is 1. The Morgan fingerprint density at radius 3 is 2.43 bits per heavy atom. The van der Waals surface area contributed by atoms with Gasteiger partial charge in [-0.2, -0.15) is 4.99 Å². The van der Waals surface area contributed by atoms with Gasteiger partial charge in [0.2, 0.25) is 5.91 Å². The fourth-order valence-electron chi connectivity index (χ4n) is 5.43. The van der Waals surface area contributed by atoms with E-state index in [0.29, 0.717) is 30.3 Å². The molecule has 7 nitrogen and oxygen atoms in total. The third kappa shape index (κ3) is 8.57. The minimum absolute atomic E-state index is 0.0965. The van der Waals surface area contributed by atoms with Crippen LogP contribution in [-0.2, 0) is 11.2 Å². The van der Waals surface area contributed by atoms with E-state index in [-0.39, 0.29) is 17.1 Å². The van der Waals surface area contributed by atoms with Crippen molar-refractivity contribution in [1.82, 2.24) is 14.8 Å². The largest absolute Gasteiger partial charge is 0.573 e. The van der Waals surface area contributed by atoms with E-state index in [1.165, 1.54) is 46.4 Å². The van der Waals surface area contributed by atoms with Crippen molar-refractivity contribution in [1.29, 1.82) is 0 Å². The molecular weight excluding hydrogens is 611 g/mol. The van der Waals surface area contributed by atoms with Gasteiger partial charge in [0.05, 0.1) is 5.69 Å². The van der Waals surface area contributed by atoms with E-state index in [1.54, 1.807) is 11.8 Å². The van der Waals surface area contributed by atoms with Gasteiger partial charge in [0.15, 0.2) is 11.0 Å². The zero-order valence-corrected chi connectivity index (χ0v) is 27.5. The fourth-order valence-corrected chi connectivity index (χ4v) is 6.40. The van der Waals surface area contributed by atoms with Crippen LogP contribution in [0, 0.1) is 12.3 Å². The Hall–Kier alpha value is -4.12. The standard InChI is InChI=1S/C35H38F3N5O2S/c1-23(2)29-15-6-24(3)20-30(29)42-18-19-46-33(42)40-31(44)16-17-34(4,5)21-25-7-9-26(10-8-25)32-39-22-43(41-32)27-11-13-28(14-12-27)45-35(36,37)38/h6-15,20,22-23H,16-19,21H2,1-5H3. The average Bonchev–Trinajstić information content (AvgIpc) is 3.66. The second-order valence-corrected chi connectivity index (χ2v) is 13.7. The number of halogens is 3. The lowest BCUT2D eigenvalue weighted by Crippen LogP contribution is -2.26. The molecule has 1 aromatic heterocycles. The number of anilines is 1. The molecule has 0 aliphatic carbocycles. The first-order valence-electron chi connectivity index (χ1n) is 15.3. The Balaban J connectivity index is 1.17. The van der Waals surface area contributed by atoms with Crippen LogP contribution in [0.25, 0.3) is 17.1 Å². The second-order valence-electron chi connectivity index (χ2n) is 12.6. The number of alkyl halides is 3. The smallest absolute Gasteiger partial charge is 0.406 e. The summed E-state index contributed by atoms with van der Waals surface area (Å²) >= 11 is 1.64. The molecule has 0 radical (unpaired) electrons. The molecule has 4 aromatic rings. The second kappa shape index (κ2) is 13.7. The van der Waals surface area contributed by atoms with Gasteiger partial charge in [-0.3, -0.25) is 4.79 Å². The van der Waals surface area contributed by atoms with Gasteiger partial charge in [-0.15, -0.1) is 18.3 Å². The monoisotopic (exact) mass is 649 g/mol. The molecular formula is C35H38F3N5O2S. The van der Waals surface area contributed by atoms with Crippen LogP contribution in [0.2, 0.25) is 0 Å². The number of aryl methyl sites for hydroxylation is 1. The molecule has 2 heterocycles. The van der Waals surface area contributed by atoms with Crippen molar-refractivity contribution >= 4 is 28.5 Å². The molecule has 0 unspecified atom stereocenters. The summed E-state index contributed by atoms with van der Waals surface area (Å²) in [6.45, 7) is 11.6. The molecule has 1 fully saturated rings. The summed E-state index contributed by atoms with van der Waals surface area (Å²) in [5.74, 6) is 1.38. The number of amides is 1. The van der Waals surface area contributed by atoms with Crippen LogP contribution in [0.3, 0.4) is 0 Å². The number of thioether (sulfide) groups is 1. The van der Waals surface area contributed by atoms with Gasteiger partial charge in [-0.25, -0.2) is 9.67 Å². The van der Waals surface area contributed by atoms with Crippen molar-refractivity contribution in [3.63, 3.8) is 0 Å². The SMILES string of the molecule is Cc1ccc(C(C)C)c(N2CCSC2=NC(=O)CCC(C)(C)Cc2ccc(-c3ncn(-c4ccc(OC(F)(F)F)cc4)n3)cc2)c1. The number of rotatable bonds is 10. The van der Waals surface area contributed by atoms with E-state index in [0.717, 1.165) is 40.7 Å². The van der Waals surface area contributed by atoms with Crippen LogP contribution in [0.1, 0.15) is 63.1 Å². The lowest BCUT2D eigenvalue weighted by atomic mass is 9.81. The van der Waals surface area contributed by atoms with Gasteiger partial charge in [0.25, 0.3) is 0 Å². The number of carbonyl (C=O) groups excluding carboxylic acids is 1. The molecule has 242 valence electrons. The van der Waals surface area contributed by atoms with Crippen molar-refractivity contribution in [2.24, 2.45) is 10.4 Å². The van der Waals surface area contributed by atoms with Gasteiger partial charge in [-0.1, -0.05) is 75.9 Å². The van der Waals surface area contributed by atoms with Crippen LogP contribution >= 0.6 is 11.8 Å². The van der Waals surface area contributed by atoms with E-state index >= 15 is 0 Å². The number of benzene rings is 3. The Kier molecular flexibility index (Phi) is 9.91. The van der Waals surface area contributed by atoms with Crippen LogP contribution < -0.4 is 9.64 Å². The number of hydrogen-bond donors (Lipinski definition) is 0. The van der Waals surface area contributed by atoms with Gasteiger partial charge in [0, 0.05) is 30.0 Å². The first-order chi connectivity index (χ1) is 21.8. The molecule has 46 heavy (non-hydrogen) atoms. The summed E-state index contributed by atoms with van der Waals surface area (Å²) in [6, 6.07) is 19.9. The van der Waals surface area contributed by atoms with E-state index < -0.39 is 6.36 Å². The van der Waals surface area contributed by atoms with Gasteiger partial charge in [-0.05, 0) is 78.1 Å². The maximum atomic E-state index is 13.0. The molecule has 1 saturated heterocycles. The minimum Gasteiger partial charge on any atom is -0.406 e. The van der Waals surface area contributed by atoms with Crippen LogP contribution in [-0.4, -0.2) is 44.5 Å². The molecule has 11 heteroatoms. The maximum Gasteiger partial charge on any atom is 0.573 e. The summed E-state index contributed by atoms with van der Waals surface area (Å²) in [5.41, 5.74) is 5.98. The molecule has 0 saturated carbocycles. The molecule has 1 aliphatic heterocycles. The highest BCUT2D eigenvalue weighted by molar-refractivity contribution is 8.14. The number of aliphatic imine (C=N–C) groups is 1. The lowest BCUT2D eigenvalue weighted by Gasteiger charge is -2.25. The van der Waals surface area contributed by atoms with Gasteiger partial charge in [0.1, 0.15) is 12.1 Å². The van der Waals surface area contributed by atoms with Crippen molar-refractivity contribution < 1.29 is 22.7 Å². The maximum absolute atomic E-state index is 13.0. The predicted octanol–water partition coefficient (Wildman–Crippen LogP) is 8.75. The molecule has 0 N–H and O–H groups in total. The first-order valence-corrected chi connectivity index (χ1v) is 16.2. The third-order valence-electron chi connectivity index (χ3n) is 7.83. The Bertz CT molecular complexity index is 1700. The third-order valence-corrected chi connectivity index (χ3v) is 8.79. The topological polar surface area (TPSA) is 72.6 Å².